The molecule has 18 heavy (non-hydrogen) atoms. The fraction of sp³-hybridized carbons (Fsp3) is 0.333. The molecule has 3 heteroatoms. The molecule has 1 unspecified atom stereocenters. The average molecular weight is 324 g/mol. The molecule has 0 saturated carbocycles. The largest absolute Gasteiger partial charge is 0.316 e. The highest BCUT2D eigenvalue weighted by atomic mass is 79.9. The first-order valence-electron chi connectivity index (χ1n) is 6.27. The lowest BCUT2D eigenvalue weighted by Gasteiger charge is -2.17. The summed E-state index contributed by atoms with van der Waals surface area (Å²) >= 11 is 5.27. The van der Waals surface area contributed by atoms with Gasteiger partial charge in [0.1, 0.15) is 0 Å². The molecule has 1 aromatic heterocycles. The van der Waals surface area contributed by atoms with Crippen LogP contribution < -0.4 is 5.32 Å². The van der Waals surface area contributed by atoms with E-state index in [2.05, 4.69) is 69.3 Å². The minimum absolute atomic E-state index is 0.549. The summed E-state index contributed by atoms with van der Waals surface area (Å²) in [5, 5.41) is 7.87. The Kier molecular flexibility index (Phi) is 5.42. The second-order valence-corrected chi connectivity index (χ2v) is 6.09. The second kappa shape index (κ2) is 7.07. The second-order valence-electron chi connectivity index (χ2n) is 4.39. The van der Waals surface area contributed by atoms with E-state index in [-0.39, 0.29) is 0 Å². The smallest absolute Gasteiger partial charge is 0.0175 e. The lowest BCUT2D eigenvalue weighted by Crippen LogP contribution is -2.22. The fourth-order valence-electron chi connectivity index (χ4n) is 2.05. The Balaban J connectivity index is 2.11. The molecule has 0 spiro atoms. The van der Waals surface area contributed by atoms with Gasteiger partial charge in [-0.1, -0.05) is 35.0 Å². The summed E-state index contributed by atoms with van der Waals surface area (Å²) in [5.41, 5.74) is 2.84. The highest BCUT2D eigenvalue weighted by molar-refractivity contribution is 9.10. The molecular weight excluding hydrogens is 306 g/mol. The zero-order chi connectivity index (χ0) is 12.8. The molecule has 1 N–H and O–H groups in total. The third kappa shape index (κ3) is 3.94. The highest BCUT2D eigenvalue weighted by Gasteiger charge is 2.12. The first-order chi connectivity index (χ1) is 8.79. The molecule has 0 radical (unpaired) electrons. The van der Waals surface area contributed by atoms with Crippen LogP contribution in [0.4, 0.5) is 0 Å². The monoisotopic (exact) mass is 323 g/mol. The van der Waals surface area contributed by atoms with Crippen molar-refractivity contribution < 1.29 is 0 Å². The van der Waals surface area contributed by atoms with Crippen LogP contribution in [0.2, 0.25) is 0 Å². The molecule has 0 bridgehead atoms. The van der Waals surface area contributed by atoms with Crippen molar-refractivity contribution in [2.24, 2.45) is 0 Å². The molecule has 0 aliphatic heterocycles. The van der Waals surface area contributed by atoms with Crippen LogP contribution >= 0.6 is 27.3 Å². The van der Waals surface area contributed by atoms with Crippen molar-refractivity contribution in [3.05, 3.63) is 56.7 Å². The number of likely N-dealkylation sites (N-methyl/N-ethyl adjacent to an activating group) is 1. The molecule has 1 nitrogen and oxygen atoms in total. The quantitative estimate of drug-likeness (QED) is 0.828. The van der Waals surface area contributed by atoms with Crippen LogP contribution in [-0.4, -0.2) is 13.1 Å². The lowest BCUT2D eigenvalue weighted by molar-refractivity contribution is 0.595. The van der Waals surface area contributed by atoms with Gasteiger partial charge in [0.05, 0.1) is 0 Å². The van der Waals surface area contributed by atoms with Gasteiger partial charge in [-0.3, -0.25) is 0 Å². The Morgan fingerprint density at radius 2 is 2.00 bits per heavy atom. The topological polar surface area (TPSA) is 12.0 Å². The van der Waals surface area contributed by atoms with E-state index < -0.39 is 0 Å². The van der Waals surface area contributed by atoms with Crippen LogP contribution in [0, 0.1) is 0 Å². The minimum atomic E-state index is 0.549. The maximum Gasteiger partial charge on any atom is 0.0175 e. The zero-order valence-corrected chi connectivity index (χ0v) is 12.9. The highest BCUT2D eigenvalue weighted by Crippen LogP contribution is 2.23. The van der Waals surface area contributed by atoms with Crippen LogP contribution in [0.25, 0.3) is 0 Å². The fourth-order valence-corrected chi connectivity index (χ4v) is 3.00. The third-order valence-corrected chi connectivity index (χ3v) is 4.31. The van der Waals surface area contributed by atoms with Crippen molar-refractivity contribution in [1.82, 2.24) is 5.32 Å². The van der Waals surface area contributed by atoms with Crippen LogP contribution in [0.3, 0.4) is 0 Å². The van der Waals surface area contributed by atoms with Crippen LogP contribution in [0.15, 0.2) is 45.6 Å². The molecule has 2 aromatic rings. The van der Waals surface area contributed by atoms with Gasteiger partial charge >= 0.3 is 0 Å². The van der Waals surface area contributed by atoms with E-state index in [0.29, 0.717) is 5.92 Å². The first-order valence-corrected chi connectivity index (χ1v) is 8.00. The van der Waals surface area contributed by atoms with Gasteiger partial charge in [0.25, 0.3) is 0 Å². The van der Waals surface area contributed by atoms with E-state index in [1.807, 2.05) is 0 Å². The van der Waals surface area contributed by atoms with Gasteiger partial charge in [-0.15, -0.1) is 0 Å². The van der Waals surface area contributed by atoms with E-state index in [0.717, 1.165) is 24.0 Å². The molecule has 1 aromatic carbocycles. The number of thiophene rings is 1. The summed E-state index contributed by atoms with van der Waals surface area (Å²) in [6, 6.07) is 10.9. The predicted octanol–water partition coefficient (Wildman–Crippen LogP) is 4.45. The third-order valence-electron chi connectivity index (χ3n) is 3.04. The van der Waals surface area contributed by atoms with Gasteiger partial charge in [-0.2, -0.15) is 11.3 Å². The van der Waals surface area contributed by atoms with Gasteiger partial charge in [0, 0.05) is 16.9 Å². The van der Waals surface area contributed by atoms with Crippen molar-refractivity contribution in [1.29, 1.82) is 0 Å². The standard InChI is InChI=1S/C15H18BrNS/c1-2-17-10-14(9-12-7-8-18-11-12)13-3-5-15(16)6-4-13/h3-8,11,14,17H,2,9-10H2,1H3. The number of hydrogen-bond donors (Lipinski definition) is 1. The number of rotatable bonds is 6. The van der Waals surface area contributed by atoms with Crippen LogP contribution in [0.1, 0.15) is 24.0 Å². The van der Waals surface area contributed by atoms with E-state index in [1.165, 1.54) is 11.1 Å². The Bertz CT molecular complexity index is 450. The van der Waals surface area contributed by atoms with Gasteiger partial charge in [0.15, 0.2) is 0 Å². The summed E-state index contributed by atoms with van der Waals surface area (Å²) in [6.45, 7) is 4.22. The van der Waals surface area contributed by atoms with E-state index in [9.17, 15) is 0 Å². The number of hydrogen-bond acceptors (Lipinski definition) is 2. The van der Waals surface area contributed by atoms with E-state index in [1.54, 1.807) is 11.3 Å². The molecule has 0 aliphatic carbocycles. The molecule has 0 saturated heterocycles. The van der Waals surface area contributed by atoms with E-state index in [4.69, 9.17) is 0 Å². The molecule has 96 valence electrons. The van der Waals surface area contributed by atoms with Crippen molar-refractivity contribution >= 4 is 27.3 Å². The van der Waals surface area contributed by atoms with Crippen molar-refractivity contribution in [2.75, 3.05) is 13.1 Å². The van der Waals surface area contributed by atoms with Crippen LogP contribution in [0.5, 0.6) is 0 Å². The number of benzene rings is 1. The van der Waals surface area contributed by atoms with E-state index >= 15 is 0 Å². The van der Waals surface area contributed by atoms with Gasteiger partial charge in [0.2, 0.25) is 0 Å². The maximum absolute atomic E-state index is 3.49. The van der Waals surface area contributed by atoms with Crippen LogP contribution in [-0.2, 0) is 6.42 Å². The Labute approximate surface area is 121 Å². The lowest BCUT2D eigenvalue weighted by atomic mass is 9.93. The molecule has 1 atom stereocenters. The summed E-state index contributed by atoms with van der Waals surface area (Å²) < 4.78 is 1.14. The molecular formula is C15H18BrNS. The van der Waals surface area contributed by atoms with Crippen molar-refractivity contribution in [3.63, 3.8) is 0 Å². The number of nitrogens with one attached hydrogen (secondary N) is 1. The maximum atomic E-state index is 3.49. The van der Waals surface area contributed by atoms with Gasteiger partial charge in [-0.05, 0) is 53.1 Å². The normalized spacial score (nSPS) is 12.6. The molecule has 2 rings (SSSR count). The molecule has 1 heterocycles. The SMILES string of the molecule is CCNCC(Cc1ccsc1)c1ccc(Br)cc1. The van der Waals surface area contributed by atoms with Gasteiger partial charge in [-0.25, -0.2) is 0 Å². The Morgan fingerprint density at radius 1 is 1.22 bits per heavy atom. The molecule has 0 fully saturated rings. The average Bonchev–Trinajstić information content (AvgIpc) is 2.88. The van der Waals surface area contributed by atoms with Crippen molar-refractivity contribution in [3.8, 4) is 0 Å². The summed E-state index contributed by atoms with van der Waals surface area (Å²) in [4.78, 5) is 0. The number of halogens is 1. The summed E-state index contributed by atoms with van der Waals surface area (Å²) in [6.07, 6.45) is 1.11. The molecule has 0 aliphatic rings. The Morgan fingerprint density at radius 3 is 2.61 bits per heavy atom. The van der Waals surface area contributed by atoms with Gasteiger partial charge < -0.3 is 5.32 Å². The Hall–Kier alpha value is -0.640. The first kappa shape index (κ1) is 13.8. The summed E-state index contributed by atoms with van der Waals surface area (Å²) in [7, 11) is 0. The minimum Gasteiger partial charge on any atom is -0.316 e. The summed E-state index contributed by atoms with van der Waals surface area (Å²) in [5.74, 6) is 0.549. The molecule has 0 amide bonds. The van der Waals surface area contributed by atoms with Crippen molar-refractivity contribution in [2.45, 2.75) is 19.3 Å². The predicted molar refractivity (Wildman–Crippen MR) is 83.4 cm³/mol. The zero-order valence-electron chi connectivity index (χ0n) is 10.5.